The van der Waals surface area contributed by atoms with Crippen LogP contribution in [0.5, 0.6) is 0 Å². The van der Waals surface area contributed by atoms with E-state index in [4.69, 9.17) is 22.0 Å². The normalized spacial score (nSPS) is 10.5. The first-order valence-electron chi connectivity index (χ1n) is 6.16. The van der Waals surface area contributed by atoms with Crippen molar-refractivity contribution < 1.29 is 19.6 Å². The third kappa shape index (κ3) is 5.64. The van der Waals surface area contributed by atoms with Crippen molar-refractivity contribution in [3.8, 4) is 6.07 Å². The van der Waals surface area contributed by atoms with Crippen LogP contribution in [0.4, 0.5) is 11.4 Å². The molecule has 23 heavy (non-hydrogen) atoms. The summed E-state index contributed by atoms with van der Waals surface area (Å²) in [5, 5.41) is 32.9. The maximum atomic E-state index is 11.6. The first-order chi connectivity index (χ1) is 10.8. The molecule has 0 aliphatic heterocycles. The standard InChI is InChI=1S/C13H11ClN4O5/c14-10-2-1-9(5-11(10)18(22)23)17-7-8(6-15)13(21)16-4-3-12(19)20/h1-2,5,7,17H,3-4H2,(H,16,21)(H,19,20)/b8-7-. The Morgan fingerprint density at radius 3 is 2.74 bits per heavy atom. The second kappa shape index (κ2) is 8.35. The first kappa shape index (κ1) is 17.9. The molecule has 120 valence electrons. The van der Waals surface area contributed by atoms with Gasteiger partial charge in [-0.15, -0.1) is 0 Å². The molecular formula is C13H11ClN4O5. The summed E-state index contributed by atoms with van der Waals surface area (Å²) < 4.78 is 0. The Morgan fingerprint density at radius 1 is 1.48 bits per heavy atom. The zero-order valence-corrected chi connectivity index (χ0v) is 12.3. The number of rotatable bonds is 7. The number of hydrogen-bond acceptors (Lipinski definition) is 6. The molecule has 10 heteroatoms. The van der Waals surface area contributed by atoms with Crippen molar-refractivity contribution in [1.29, 1.82) is 5.26 Å². The monoisotopic (exact) mass is 338 g/mol. The Kier molecular flexibility index (Phi) is 6.51. The lowest BCUT2D eigenvalue weighted by Gasteiger charge is -2.04. The van der Waals surface area contributed by atoms with Crippen LogP contribution in [0.1, 0.15) is 6.42 Å². The van der Waals surface area contributed by atoms with Gasteiger partial charge in [-0.25, -0.2) is 0 Å². The third-order valence-electron chi connectivity index (χ3n) is 2.52. The lowest BCUT2D eigenvalue weighted by molar-refractivity contribution is -0.384. The van der Waals surface area contributed by atoms with E-state index in [1.165, 1.54) is 12.1 Å². The molecule has 3 N–H and O–H groups in total. The molecule has 9 nitrogen and oxygen atoms in total. The quantitative estimate of drug-likeness (QED) is 0.296. The number of carboxylic acids is 1. The molecule has 1 aromatic carbocycles. The molecule has 0 heterocycles. The number of carbonyl (C=O) groups is 2. The van der Waals surface area contributed by atoms with Gasteiger partial charge in [0.15, 0.2) is 0 Å². The number of nitro benzene ring substituents is 1. The maximum absolute atomic E-state index is 11.6. The van der Waals surface area contributed by atoms with E-state index < -0.39 is 16.8 Å². The van der Waals surface area contributed by atoms with Crippen molar-refractivity contribution in [3.05, 3.63) is 45.1 Å². The Labute approximate surface area is 135 Å². The van der Waals surface area contributed by atoms with Gasteiger partial charge in [0, 0.05) is 24.5 Å². The van der Waals surface area contributed by atoms with Gasteiger partial charge >= 0.3 is 5.97 Å². The van der Waals surface area contributed by atoms with Gasteiger partial charge in [0.2, 0.25) is 0 Å². The lowest BCUT2D eigenvalue weighted by Crippen LogP contribution is -2.27. The van der Waals surface area contributed by atoms with Crippen LogP contribution >= 0.6 is 11.6 Å². The Hall–Kier alpha value is -3.12. The van der Waals surface area contributed by atoms with Crippen LogP contribution in [0.2, 0.25) is 5.02 Å². The molecule has 0 unspecified atom stereocenters. The van der Waals surface area contributed by atoms with E-state index in [1.807, 2.05) is 0 Å². The topological polar surface area (TPSA) is 145 Å². The number of halogens is 1. The van der Waals surface area contributed by atoms with E-state index in [1.54, 1.807) is 6.07 Å². The van der Waals surface area contributed by atoms with Crippen LogP contribution in [0, 0.1) is 21.4 Å². The number of nitrogens with zero attached hydrogens (tertiary/aromatic N) is 2. The van der Waals surface area contributed by atoms with Crippen LogP contribution < -0.4 is 10.6 Å². The summed E-state index contributed by atoms with van der Waals surface area (Å²) in [7, 11) is 0. The predicted octanol–water partition coefficient (Wildman–Crippen LogP) is 1.66. The number of benzene rings is 1. The van der Waals surface area contributed by atoms with E-state index in [0.29, 0.717) is 0 Å². The van der Waals surface area contributed by atoms with Crippen molar-refractivity contribution in [3.63, 3.8) is 0 Å². The predicted molar refractivity (Wildman–Crippen MR) is 80.7 cm³/mol. The first-order valence-corrected chi connectivity index (χ1v) is 6.53. The average molecular weight is 339 g/mol. The van der Waals surface area contributed by atoms with E-state index in [0.717, 1.165) is 12.3 Å². The molecule has 0 fully saturated rings. The zero-order chi connectivity index (χ0) is 17.4. The van der Waals surface area contributed by atoms with E-state index in [-0.39, 0.29) is 34.9 Å². The number of nitrogens with one attached hydrogen (secondary N) is 2. The van der Waals surface area contributed by atoms with Gasteiger partial charge in [-0.3, -0.25) is 19.7 Å². The SMILES string of the molecule is N#C/C(=C/Nc1ccc(Cl)c([N+](=O)[O-])c1)C(=O)NCCC(=O)O. The van der Waals surface area contributed by atoms with E-state index >= 15 is 0 Å². The summed E-state index contributed by atoms with van der Waals surface area (Å²) >= 11 is 5.67. The number of anilines is 1. The average Bonchev–Trinajstić information content (AvgIpc) is 2.48. The van der Waals surface area contributed by atoms with Crippen molar-refractivity contribution in [2.24, 2.45) is 0 Å². The van der Waals surface area contributed by atoms with Gasteiger partial charge in [0.25, 0.3) is 11.6 Å². The summed E-state index contributed by atoms with van der Waals surface area (Å²) in [5.74, 6) is -1.84. The number of carbonyl (C=O) groups excluding carboxylic acids is 1. The number of amides is 1. The fourth-order valence-corrected chi connectivity index (χ4v) is 1.61. The molecule has 0 atom stereocenters. The highest BCUT2D eigenvalue weighted by Gasteiger charge is 2.13. The highest BCUT2D eigenvalue weighted by atomic mass is 35.5. The van der Waals surface area contributed by atoms with Crippen LogP contribution in [-0.4, -0.2) is 28.5 Å². The zero-order valence-electron chi connectivity index (χ0n) is 11.6. The highest BCUT2D eigenvalue weighted by Crippen LogP contribution is 2.27. The minimum atomic E-state index is -1.08. The summed E-state index contributed by atoms with van der Waals surface area (Å²) in [6.07, 6.45) is 0.782. The fraction of sp³-hybridized carbons (Fsp3) is 0.154. The van der Waals surface area contributed by atoms with E-state index in [2.05, 4.69) is 10.6 Å². The summed E-state index contributed by atoms with van der Waals surface area (Å²) in [5.41, 5.74) is -0.380. The number of hydrogen-bond donors (Lipinski definition) is 3. The fourth-order valence-electron chi connectivity index (χ4n) is 1.42. The van der Waals surface area contributed by atoms with E-state index in [9.17, 15) is 19.7 Å². The molecular weight excluding hydrogens is 328 g/mol. The van der Waals surface area contributed by atoms with Gasteiger partial charge in [0.1, 0.15) is 16.7 Å². The summed E-state index contributed by atoms with van der Waals surface area (Å²) in [6, 6.07) is 5.52. The van der Waals surface area contributed by atoms with Crippen molar-refractivity contribution in [2.75, 3.05) is 11.9 Å². The molecule has 0 aromatic heterocycles. The van der Waals surface area contributed by atoms with Crippen LogP contribution in [-0.2, 0) is 9.59 Å². The molecule has 0 spiro atoms. The summed E-state index contributed by atoms with van der Waals surface area (Å²) in [4.78, 5) is 32.1. The summed E-state index contributed by atoms with van der Waals surface area (Å²) in [6.45, 7) is -0.125. The Bertz CT molecular complexity index is 711. The van der Waals surface area contributed by atoms with Crippen LogP contribution in [0.3, 0.4) is 0 Å². The molecule has 1 rings (SSSR count). The number of carboxylic acid groups (broad SMARTS) is 1. The van der Waals surface area contributed by atoms with Gasteiger partial charge in [-0.05, 0) is 12.1 Å². The third-order valence-corrected chi connectivity index (χ3v) is 2.84. The smallest absolute Gasteiger partial charge is 0.305 e. The molecule has 0 saturated heterocycles. The number of nitro groups is 1. The van der Waals surface area contributed by atoms with Crippen molar-refractivity contribution in [2.45, 2.75) is 6.42 Å². The number of nitriles is 1. The van der Waals surface area contributed by atoms with Gasteiger partial charge < -0.3 is 15.7 Å². The Morgan fingerprint density at radius 2 is 2.17 bits per heavy atom. The van der Waals surface area contributed by atoms with Gasteiger partial charge in [-0.2, -0.15) is 5.26 Å². The Balaban J connectivity index is 2.79. The minimum Gasteiger partial charge on any atom is -0.481 e. The molecule has 1 aromatic rings. The van der Waals surface area contributed by atoms with Crippen LogP contribution in [0.15, 0.2) is 30.0 Å². The molecule has 1 amide bonds. The second-order valence-corrected chi connectivity index (χ2v) is 4.54. The van der Waals surface area contributed by atoms with Crippen LogP contribution in [0.25, 0.3) is 0 Å². The van der Waals surface area contributed by atoms with Crippen molar-refractivity contribution in [1.82, 2.24) is 5.32 Å². The number of aliphatic carboxylic acids is 1. The second-order valence-electron chi connectivity index (χ2n) is 4.14. The molecule has 0 aliphatic rings. The largest absolute Gasteiger partial charge is 0.481 e. The molecule has 0 aliphatic carbocycles. The molecule has 0 radical (unpaired) electrons. The minimum absolute atomic E-state index is 0.0450. The van der Waals surface area contributed by atoms with Gasteiger partial charge in [-0.1, -0.05) is 11.6 Å². The lowest BCUT2D eigenvalue weighted by atomic mass is 10.2. The molecule has 0 saturated carbocycles. The maximum Gasteiger partial charge on any atom is 0.305 e. The van der Waals surface area contributed by atoms with Crippen molar-refractivity contribution >= 4 is 34.9 Å². The highest BCUT2D eigenvalue weighted by molar-refractivity contribution is 6.32. The molecule has 0 bridgehead atoms. The van der Waals surface area contributed by atoms with Gasteiger partial charge in [0.05, 0.1) is 11.3 Å².